The van der Waals surface area contributed by atoms with Crippen molar-refractivity contribution in [1.29, 1.82) is 0 Å². The second kappa shape index (κ2) is 7.75. The number of hydrogen-bond donors (Lipinski definition) is 0. The van der Waals surface area contributed by atoms with Crippen molar-refractivity contribution in [2.75, 3.05) is 20.4 Å². The summed E-state index contributed by atoms with van der Waals surface area (Å²) in [5, 5.41) is 0. The molecule has 1 aliphatic rings. The normalized spacial score (nSPS) is 12.4. The molecule has 0 atom stereocenters. The van der Waals surface area contributed by atoms with Crippen molar-refractivity contribution >= 4 is 12.0 Å². The minimum Gasteiger partial charge on any atom is -0.493 e. The number of amides is 1. The summed E-state index contributed by atoms with van der Waals surface area (Å²) in [4.78, 5) is 14.0. The Balaban J connectivity index is 1.65. The Morgan fingerprint density at radius 1 is 1.20 bits per heavy atom. The van der Waals surface area contributed by atoms with Gasteiger partial charge in [-0.05, 0) is 36.8 Å². The summed E-state index contributed by atoms with van der Waals surface area (Å²) in [6.45, 7) is 3.26. The van der Waals surface area contributed by atoms with Crippen LogP contribution in [-0.2, 0) is 11.3 Å². The second-order valence-electron chi connectivity index (χ2n) is 5.69. The molecular formula is C20H21NO4. The Bertz CT molecular complexity index is 785. The van der Waals surface area contributed by atoms with Gasteiger partial charge < -0.3 is 19.1 Å². The van der Waals surface area contributed by atoms with Crippen LogP contribution in [0.5, 0.6) is 17.2 Å². The molecule has 0 spiro atoms. The third kappa shape index (κ3) is 4.12. The maximum atomic E-state index is 12.4. The zero-order chi connectivity index (χ0) is 17.6. The average Bonchev–Trinajstić information content (AvgIpc) is 3.08. The molecule has 0 N–H and O–H groups in total. The fraction of sp³-hybridized carbons (Fsp3) is 0.250. The molecule has 0 aliphatic carbocycles. The summed E-state index contributed by atoms with van der Waals surface area (Å²) in [6, 6.07) is 13.4. The lowest BCUT2D eigenvalue weighted by molar-refractivity contribution is -0.125. The van der Waals surface area contributed by atoms with Gasteiger partial charge in [0.05, 0.1) is 6.61 Å². The number of carbonyl (C=O) groups is 1. The Labute approximate surface area is 147 Å². The van der Waals surface area contributed by atoms with E-state index < -0.39 is 0 Å². The molecule has 1 amide bonds. The highest BCUT2D eigenvalue weighted by Gasteiger charge is 2.14. The Hall–Kier alpha value is -2.95. The van der Waals surface area contributed by atoms with Gasteiger partial charge in [-0.2, -0.15) is 0 Å². The lowest BCUT2D eigenvalue weighted by atomic mass is 10.1. The van der Waals surface area contributed by atoms with Crippen LogP contribution in [0.3, 0.4) is 0 Å². The van der Waals surface area contributed by atoms with Gasteiger partial charge >= 0.3 is 0 Å². The van der Waals surface area contributed by atoms with Crippen LogP contribution < -0.4 is 14.2 Å². The van der Waals surface area contributed by atoms with Crippen molar-refractivity contribution in [2.24, 2.45) is 0 Å². The van der Waals surface area contributed by atoms with E-state index in [1.807, 2.05) is 49.4 Å². The van der Waals surface area contributed by atoms with Crippen molar-refractivity contribution < 1.29 is 19.0 Å². The Morgan fingerprint density at radius 3 is 2.84 bits per heavy atom. The topological polar surface area (TPSA) is 48.0 Å². The molecule has 0 saturated carbocycles. The van der Waals surface area contributed by atoms with Gasteiger partial charge in [-0.25, -0.2) is 0 Å². The van der Waals surface area contributed by atoms with E-state index in [1.54, 1.807) is 24.1 Å². The third-order valence-electron chi connectivity index (χ3n) is 3.86. The van der Waals surface area contributed by atoms with Gasteiger partial charge in [-0.3, -0.25) is 4.79 Å². The molecule has 5 nitrogen and oxygen atoms in total. The number of fused-ring (bicyclic) bond motifs is 1. The first-order chi connectivity index (χ1) is 12.2. The van der Waals surface area contributed by atoms with Gasteiger partial charge in [0.2, 0.25) is 12.7 Å². The maximum Gasteiger partial charge on any atom is 0.246 e. The van der Waals surface area contributed by atoms with Crippen molar-refractivity contribution in [3.63, 3.8) is 0 Å². The Morgan fingerprint density at radius 2 is 2.00 bits per heavy atom. The standard InChI is InChI=1S/C20H21NO4/c1-3-23-17-7-5-4-6-16(17)9-11-20(22)21(2)13-15-8-10-18-19(12-15)25-14-24-18/h4-12H,3,13-14H2,1-2H3/b11-9+. The molecule has 0 saturated heterocycles. The summed E-state index contributed by atoms with van der Waals surface area (Å²) in [5.41, 5.74) is 1.87. The number of nitrogens with zero attached hydrogens (tertiary/aromatic N) is 1. The fourth-order valence-corrected chi connectivity index (χ4v) is 2.58. The van der Waals surface area contributed by atoms with E-state index in [0.717, 1.165) is 28.4 Å². The summed E-state index contributed by atoms with van der Waals surface area (Å²) >= 11 is 0. The van der Waals surface area contributed by atoms with E-state index in [0.29, 0.717) is 13.2 Å². The first-order valence-corrected chi connectivity index (χ1v) is 8.21. The zero-order valence-electron chi connectivity index (χ0n) is 14.4. The molecule has 2 aromatic carbocycles. The van der Waals surface area contributed by atoms with E-state index in [-0.39, 0.29) is 12.7 Å². The van der Waals surface area contributed by atoms with Gasteiger partial charge in [0.1, 0.15) is 5.75 Å². The molecule has 1 heterocycles. The number of carbonyl (C=O) groups excluding carboxylic acids is 1. The third-order valence-corrected chi connectivity index (χ3v) is 3.86. The summed E-state index contributed by atoms with van der Waals surface area (Å²) < 4.78 is 16.2. The average molecular weight is 339 g/mol. The number of benzene rings is 2. The molecular weight excluding hydrogens is 318 g/mol. The smallest absolute Gasteiger partial charge is 0.246 e. The summed E-state index contributed by atoms with van der Waals surface area (Å²) in [5.74, 6) is 2.15. The van der Waals surface area contributed by atoms with E-state index in [4.69, 9.17) is 14.2 Å². The lowest BCUT2D eigenvalue weighted by Crippen LogP contribution is -2.24. The summed E-state index contributed by atoms with van der Waals surface area (Å²) in [6.07, 6.45) is 3.34. The SMILES string of the molecule is CCOc1ccccc1/C=C/C(=O)N(C)Cc1ccc2c(c1)OCO2. The predicted octanol–water partition coefficient (Wildman–Crippen LogP) is 3.49. The van der Waals surface area contributed by atoms with Crippen LogP contribution in [0.1, 0.15) is 18.1 Å². The Kier molecular flexibility index (Phi) is 5.23. The number of para-hydroxylation sites is 1. The predicted molar refractivity (Wildman–Crippen MR) is 95.7 cm³/mol. The van der Waals surface area contributed by atoms with Gasteiger partial charge in [-0.1, -0.05) is 24.3 Å². The van der Waals surface area contributed by atoms with Crippen LogP contribution in [-0.4, -0.2) is 31.3 Å². The number of rotatable bonds is 6. The minimum atomic E-state index is -0.0797. The molecule has 0 unspecified atom stereocenters. The molecule has 130 valence electrons. The molecule has 3 rings (SSSR count). The minimum absolute atomic E-state index is 0.0797. The highest BCUT2D eigenvalue weighted by molar-refractivity contribution is 5.92. The number of hydrogen-bond acceptors (Lipinski definition) is 4. The number of likely N-dealkylation sites (N-methyl/N-ethyl adjacent to an activating group) is 1. The maximum absolute atomic E-state index is 12.4. The van der Waals surface area contributed by atoms with Crippen molar-refractivity contribution in [2.45, 2.75) is 13.5 Å². The van der Waals surface area contributed by atoms with Crippen LogP contribution in [0.15, 0.2) is 48.5 Å². The second-order valence-corrected chi connectivity index (χ2v) is 5.69. The lowest BCUT2D eigenvalue weighted by Gasteiger charge is -2.15. The monoisotopic (exact) mass is 339 g/mol. The molecule has 25 heavy (non-hydrogen) atoms. The van der Waals surface area contributed by atoms with Gasteiger partial charge in [0.25, 0.3) is 0 Å². The molecule has 0 bridgehead atoms. The first kappa shape index (κ1) is 16.9. The van der Waals surface area contributed by atoms with E-state index in [9.17, 15) is 4.79 Å². The molecule has 0 fully saturated rings. The molecule has 1 aliphatic heterocycles. The van der Waals surface area contributed by atoms with Crippen LogP contribution >= 0.6 is 0 Å². The van der Waals surface area contributed by atoms with Gasteiger partial charge in [-0.15, -0.1) is 0 Å². The van der Waals surface area contributed by atoms with E-state index >= 15 is 0 Å². The molecule has 5 heteroatoms. The van der Waals surface area contributed by atoms with E-state index in [2.05, 4.69) is 0 Å². The highest BCUT2D eigenvalue weighted by Crippen LogP contribution is 2.32. The van der Waals surface area contributed by atoms with Crippen molar-refractivity contribution in [3.8, 4) is 17.2 Å². The van der Waals surface area contributed by atoms with Crippen LogP contribution in [0.2, 0.25) is 0 Å². The zero-order valence-corrected chi connectivity index (χ0v) is 14.4. The van der Waals surface area contributed by atoms with Crippen LogP contribution in [0.25, 0.3) is 6.08 Å². The van der Waals surface area contributed by atoms with Crippen LogP contribution in [0, 0.1) is 0 Å². The van der Waals surface area contributed by atoms with Crippen LogP contribution in [0.4, 0.5) is 0 Å². The number of ether oxygens (including phenoxy) is 3. The molecule has 0 aromatic heterocycles. The van der Waals surface area contributed by atoms with Crippen molar-refractivity contribution in [1.82, 2.24) is 4.90 Å². The fourth-order valence-electron chi connectivity index (χ4n) is 2.58. The molecule has 0 radical (unpaired) electrons. The van der Waals surface area contributed by atoms with Crippen molar-refractivity contribution in [3.05, 3.63) is 59.7 Å². The van der Waals surface area contributed by atoms with E-state index in [1.165, 1.54) is 0 Å². The van der Waals surface area contributed by atoms with Gasteiger partial charge in [0.15, 0.2) is 11.5 Å². The summed E-state index contributed by atoms with van der Waals surface area (Å²) in [7, 11) is 1.77. The highest BCUT2D eigenvalue weighted by atomic mass is 16.7. The molecule has 2 aromatic rings. The van der Waals surface area contributed by atoms with Gasteiger partial charge in [0, 0.05) is 25.2 Å². The largest absolute Gasteiger partial charge is 0.493 e. The first-order valence-electron chi connectivity index (χ1n) is 8.21. The quantitative estimate of drug-likeness (QED) is 0.756.